The first-order chi connectivity index (χ1) is 17.5. The number of nitrogens with one attached hydrogen (secondary N) is 2. The second-order valence-electron chi connectivity index (χ2n) is 9.65. The maximum Gasteiger partial charge on any atom is 0.259 e. The van der Waals surface area contributed by atoms with Crippen molar-refractivity contribution in [2.75, 3.05) is 19.6 Å². The minimum Gasteiger partial charge on any atom is -0.390 e. The lowest BCUT2D eigenvalue weighted by Gasteiger charge is -2.28. The van der Waals surface area contributed by atoms with Gasteiger partial charge in [-0.2, -0.15) is 0 Å². The van der Waals surface area contributed by atoms with Crippen LogP contribution in [0.25, 0.3) is 33.0 Å². The lowest BCUT2D eigenvalue weighted by Crippen LogP contribution is -2.37. The van der Waals surface area contributed by atoms with Crippen molar-refractivity contribution in [3.63, 3.8) is 0 Å². The van der Waals surface area contributed by atoms with Crippen molar-refractivity contribution in [1.29, 1.82) is 0 Å². The highest BCUT2D eigenvalue weighted by Crippen LogP contribution is 2.39. The number of likely N-dealkylation sites (tertiary alicyclic amines) is 1. The molecular formula is C28H27BrN4O3. The standard InChI is InChI=1S/C28H27BrN4O3/c29-17-8-9-20-22(16-33(24(20)12-17)15-18(34)14-32-10-4-1-5-11-32)26-25(27(35)31-28(26)36)21-13-30-23-7-3-2-6-19(21)23/h2-3,6-9,12-13,16,18,30,34H,1,4-5,10-11,14-15H2,(H,31,35,36). The highest BCUT2D eigenvalue weighted by molar-refractivity contribution is 9.10. The number of piperidine rings is 1. The summed E-state index contributed by atoms with van der Waals surface area (Å²) in [7, 11) is 0. The lowest BCUT2D eigenvalue weighted by molar-refractivity contribution is -0.122. The number of imide groups is 1. The van der Waals surface area contributed by atoms with E-state index in [1.54, 1.807) is 6.20 Å². The number of halogens is 1. The van der Waals surface area contributed by atoms with Gasteiger partial charge in [-0.05, 0) is 44.1 Å². The monoisotopic (exact) mass is 546 g/mol. The number of para-hydroxylation sites is 1. The Kier molecular flexibility index (Phi) is 6.03. The number of rotatable bonds is 6. The van der Waals surface area contributed by atoms with Crippen LogP contribution in [0.15, 0.2) is 59.3 Å². The predicted octanol–water partition coefficient (Wildman–Crippen LogP) is 4.30. The molecule has 2 aromatic heterocycles. The number of aromatic nitrogens is 2. The van der Waals surface area contributed by atoms with Crippen molar-refractivity contribution in [3.05, 3.63) is 70.5 Å². The van der Waals surface area contributed by atoms with Gasteiger partial charge in [-0.3, -0.25) is 14.9 Å². The van der Waals surface area contributed by atoms with E-state index < -0.39 is 17.9 Å². The van der Waals surface area contributed by atoms with Crippen LogP contribution in [0.2, 0.25) is 0 Å². The fourth-order valence-corrected chi connectivity index (χ4v) is 5.94. The highest BCUT2D eigenvalue weighted by Gasteiger charge is 2.35. The Labute approximate surface area is 216 Å². The Morgan fingerprint density at radius 1 is 0.917 bits per heavy atom. The molecular weight excluding hydrogens is 520 g/mol. The summed E-state index contributed by atoms with van der Waals surface area (Å²) in [5.41, 5.74) is 3.92. The molecule has 36 heavy (non-hydrogen) atoms. The molecule has 2 aliphatic rings. The number of aromatic amines is 1. The van der Waals surface area contributed by atoms with Gasteiger partial charge in [0.1, 0.15) is 0 Å². The van der Waals surface area contributed by atoms with Crippen LogP contribution < -0.4 is 5.32 Å². The van der Waals surface area contributed by atoms with Gasteiger partial charge in [0.15, 0.2) is 0 Å². The maximum atomic E-state index is 13.2. The first kappa shape index (κ1) is 23.2. The molecule has 0 bridgehead atoms. The van der Waals surface area contributed by atoms with Crippen LogP contribution in [0.1, 0.15) is 30.4 Å². The molecule has 1 fully saturated rings. The second-order valence-corrected chi connectivity index (χ2v) is 10.6. The summed E-state index contributed by atoms with van der Waals surface area (Å²) in [4.78, 5) is 31.7. The minimum absolute atomic E-state index is 0.362. The van der Waals surface area contributed by atoms with Crippen LogP contribution in [0.5, 0.6) is 0 Å². The summed E-state index contributed by atoms with van der Waals surface area (Å²) >= 11 is 3.56. The predicted molar refractivity (Wildman–Crippen MR) is 144 cm³/mol. The molecule has 8 heteroatoms. The smallest absolute Gasteiger partial charge is 0.259 e. The first-order valence-electron chi connectivity index (χ1n) is 12.4. The molecule has 0 radical (unpaired) electrons. The van der Waals surface area contributed by atoms with Crippen molar-refractivity contribution in [2.24, 2.45) is 0 Å². The third kappa shape index (κ3) is 4.09. The van der Waals surface area contributed by atoms with E-state index in [1.807, 2.05) is 53.2 Å². The van der Waals surface area contributed by atoms with Crippen LogP contribution in [-0.2, 0) is 16.1 Å². The van der Waals surface area contributed by atoms with E-state index in [-0.39, 0.29) is 0 Å². The zero-order chi connectivity index (χ0) is 24.8. The van der Waals surface area contributed by atoms with Crippen molar-refractivity contribution >= 4 is 60.7 Å². The van der Waals surface area contributed by atoms with Crippen LogP contribution in [0.3, 0.4) is 0 Å². The molecule has 6 rings (SSSR count). The van der Waals surface area contributed by atoms with E-state index >= 15 is 0 Å². The van der Waals surface area contributed by atoms with Gasteiger partial charge >= 0.3 is 0 Å². The Balaban J connectivity index is 1.46. The van der Waals surface area contributed by atoms with Gasteiger partial charge in [0.25, 0.3) is 11.8 Å². The fraction of sp³-hybridized carbons (Fsp3) is 0.286. The number of β-amino-alcohol motifs (C(OH)–C–C–N with tert-alkyl or cyclic N) is 1. The van der Waals surface area contributed by atoms with Gasteiger partial charge in [0, 0.05) is 62.9 Å². The molecule has 4 aromatic rings. The summed E-state index contributed by atoms with van der Waals surface area (Å²) in [6.45, 7) is 3.05. The number of hydrogen-bond acceptors (Lipinski definition) is 4. The number of aliphatic hydroxyl groups is 1. The van der Waals surface area contributed by atoms with Gasteiger partial charge in [0.05, 0.1) is 17.3 Å². The van der Waals surface area contributed by atoms with Gasteiger partial charge in [-0.15, -0.1) is 0 Å². The number of H-pyrrole nitrogens is 1. The first-order valence-corrected chi connectivity index (χ1v) is 13.1. The summed E-state index contributed by atoms with van der Waals surface area (Å²) in [6.07, 6.45) is 6.73. The van der Waals surface area contributed by atoms with Crippen molar-refractivity contribution in [3.8, 4) is 0 Å². The Morgan fingerprint density at radius 3 is 2.47 bits per heavy atom. The molecule has 1 saturated heterocycles. The topological polar surface area (TPSA) is 90.4 Å². The molecule has 1 atom stereocenters. The van der Waals surface area contributed by atoms with Crippen LogP contribution in [-0.4, -0.2) is 57.1 Å². The molecule has 3 N–H and O–H groups in total. The number of fused-ring (bicyclic) bond motifs is 2. The van der Waals surface area contributed by atoms with E-state index in [2.05, 4.69) is 31.1 Å². The average molecular weight is 547 g/mol. The van der Waals surface area contributed by atoms with Gasteiger partial charge in [0.2, 0.25) is 0 Å². The van der Waals surface area contributed by atoms with E-state index in [4.69, 9.17) is 0 Å². The second kappa shape index (κ2) is 9.35. The number of aliphatic hydroxyl groups excluding tert-OH is 1. The molecule has 0 spiro atoms. The summed E-state index contributed by atoms with van der Waals surface area (Å²) in [6, 6.07) is 13.6. The number of amides is 2. The van der Waals surface area contributed by atoms with E-state index in [0.717, 1.165) is 39.4 Å². The molecule has 0 aliphatic carbocycles. The summed E-state index contributed by atoms with van der Waals surface area (Å²) in [5.74, 6) is -0.806. The molecule has 2 aromatic carbocycles. The zero-order valence-corrected chi connectivity index (χ0v) is 21.3. The Bertz CT molecular complexity index is 1530. The third-order valence-electron chi connectivity index (χ3n) is 7.23. The molecule has 1 unspecified atom stereocenters. The summed E-state index contributed by atoms with van der Waals surface area (Å²) in [5, 5.41) is 15.2. The number of benzene rings is 2. The van der Waals surface area contributed by atoms with E-state index in [1.165, 1.54) is 19.3 Å². The number of carbonyl (C=O) groups is 2. The number of hydrogen-bond donors (Lipinski definition) is 3. The molecule has 184 valence electrons. The number of nitrogens with zero attached hydrogens (tertiary/aromatic N) is 2. The van der Waals surface area contributed by atoms with E-state index in [9.17, 15) is 14.7 Å². The van der Waals surface area contributed by atoms with Gasteiger partial charge in [-0.25, -0.2) is 0 Å². The Hall–Kier alpha value is -3.20. The fourth-order valence-electron chi connectivity index (χ4n) is 5.59. The normalized spacial score (nSPS) is 17.9. The molecule has 7 nitrogen and oxygen atoms in total. The van der Waals surface area contributed by atoms with Crippen molar-refractivity contribution in [2.45, 2.75) is 31.9 Å². The lowest BCUT2D eigenvalue weighted by atomic mass is 9.95. The average Bonchev–Trinajstić information content (AvgIpc) is 3.52. The molecule has 4 heterocycles. The summed E-state index contributed by atoms with van der Waals surface area (Å²) < 4.78 is 2.91. The largest absolute Gasteiger partial charge is 0.390 e. The van der Waals surface area contributed by atoms with Gasteiger partial charge < -0.3 is 19.6 Å². The van der Waals surface area contributed by atoms with Crippen LogP contribution in [0, 0.1) is 0 Å². The van der Waals surface area contributed by atoms with Crippen molar-refractivity contribution < 1.29 is 14.7 Å². The zero-order valence-electron chi connectivity index (χ0n) is 19.8. The Morgan fingerprint density at radius 2 is 1.67 bits per heavy atom. The third-order valence-corrected chi connectivity index (χ3v) is 7.72. The van der Waals surface area contributed by atoms with Crippen molar-refractivity contribution in [1.82, 2.24) is 19.8 Å². The molecule has 2 amide bonds. The molecule has 0 saturated carbocycles. The number of carbonyl (C=O) groups excluding carboxylic acids is 2. The minimum atomic E-state index is -0.549. The quantitative estimate of drug-likeness (QED) is 0.314. The maximum absolute atomic E-state index is 13.2. The molecule has 2 aliphatic heterocycles. The van der Waals surface area contributed by atoms with Crippen LogP contribution >= 0.6 is 15.9 Å². The van der Waals surface area contributed by atoms with Crippen LogP contribution in [0.4, 0.5) is 0 Å². The SMILES string of the molecule is O=C1NC(=O)C(c2cn(CC(O)CN3CCCCC3)c3cc(Br)ccc23)=C1c1c[nH]c2ccccc12. The van der Waals surface area contributed by atoms with E-state index in [0.29, 0.717) is 35.4 Å². The van der Waals surface area contributed by atoms with Gasteiger partial charge in [-0.1, -0.05) is 46.6 Å². The highest BCUT2D eigenvalue weighted by atomic mass is 79.9.